The highest BCUT2D eigenvalue weighted by Crippen LogP contribution is 2.19. The normalized spacial score (nSPS) is 10.9. The third-order valence-corrected chi connectivity index (χ3v) is 5.23. The predicted molar refractivity (Wildman–Crippen MR) is 120 cm³/mol. The smallest absolute Gasteiger partial charge is 0.126 e. The van der Waals surface area contributed by atoms with Crippen molar-refractivity contribution in [2.45, 2.75) is 26.1 Å². The molecule has 1 nitrogen and oxygen atoms in total. The highest BCUT2D eigenvalue weighted by Gasteiger charge is 2.07. The molecule has 0 amide bonds. The van der Waals surface area contributed by atoms with Crippen LogP contribution >= 0.6 is 0 Å². The SMILES string of the molecule is Fc1ccc(COCc2ccc(F)c(Cc3ccccc3)c2)cc1Cc1ccccc1. The minimum Gasteiger partial charge on any atom is -0.372 e. The number of hydrogen-bond donors (Lipinski definition) is 0. The zero-order valence-electron chi connectivity index (χ0n) is 17.2. The molecule has 0 aliphatic carbocycles. The Labute approximate surface area is 182 Å². The molecule has 31 heavy (non-hydrogen) atoms. The third kappa shape index (κ3) is 5.87. The van der Waals surface area contributed by atoms with Crippen molar-refractivity contribution in [3.63, 3.8) is 0 Å². The van der Waals surface area contributed by atoms with E-state index in [1.165, 1.54) is 12.1 Å². The topological polar surface area (TPSA) is 9.23 Å². The molecule has 156 valence electrons. The molecule has 0 radical (unpaired) electrons. The van der Waals surface area contributed by atoms with E-state index in [0.29, 0.717) is 37.2 Å². The van der Waals surface area contributed by atoms with Crippen LogP contribution in [0.1, 0.15) is 33.4 Å². The van der Waals surface area contributed by atoms with E-state index in [4.69, 9.17) is 4.74 Å². The van der Waals surface area contributed by atoms with Crippen LogP contribution in [0.15, 0.2) is 97.1 Å². The van der Waals surface area contributed by atoms with Crippen LogP contribution in [-0.4, -0.2) is 0 Å². The number of ether oxygens (including phenoxy) is 1. The van der Waals surface area contributed by atoms with Gasteiger partial charge in [0.25, 0.3) is 0 Å². The molecule has 0 unspecified atom stereocenters. The fourth-order valence-electron chi connectivity index (χ4n) is 3.62. The summed E-state index contributed by atoms with van der Waals surface area (Å²) in [5.74, 6) is -0.423. The van der Waals surface area contributed by atoms with E-state index in [1.807, 2.05) is 72.8 Å². The Balaban J connectivity index is 1.38. The Morgan fingerprint density at radius 3 is 1.32 bits per heavy atom. The van der Waals surface area contributed by atoms with Crippen LogP contribution in [0.3, 0.4) is 0 Å². The lowest BCUT2D eigenvalue weighted by molar-refractivity contribution is 0.107. The van der Waals surface area contributed by atoms with E-state index in [1.54, 1.807) is 12.1 Å². The lowest BCUT2D eigenvalue weighted by Gasteiger charge is -2.10. The van der Waals surface area contributed by atoms with Gasteiger partial charge in [0.1, 0.15) is 11.6 Å². The second-order valence-corrected chi connectivity index (χ2v) is 7.67. The van der Waals surface area contributed by atoms with Crippen LogP contribution in [0.2, 0.25) is 0 Å². The maximum absolute atomic E-state index is 14.2. The minimum atomic E-state index is -0.211. The second-order valence-electron chi connectivity index (χ2n) is 7.67. The first-order chi connectivity index (χ1) is 15.2. The number of benzene rings is 4. The second kappa shape index (κ2) is 10.1. The van der Waals surface area contributed by atoms with Gasteiger partial charge in [-0.15, -0.1) is 0 Å². The van der Waals surface area contributed by atoms with Crippen molar-refractivity contribution < 1.29 is 13.5 Å². The summed E-state index contributed by atoms with van der Waals surface area (Å²) in [5.41, 5.74) is 5.27. The standard InChI is InChI=1S/C28H24F2O/c29-27-13-11-23(17-25(27)15-21-7-3-1-4-8-21)19-31-20-24-12-14-28(30)26(18-24)16-22-9-5-2-6-10-22/h1-14,17-18H,15-16,19-20H2. The molecule has 0 spiro atoms. The fraction of sp³-hybridized carbons (Fsp3) is 0.143. The zero-order valence-corrected chi connectivity index (χ0v) is 17.2. The predicted octanol–water partition coefficient (Wildman–Crippen LogP) is 6.86. The van der Waals surface area contributed by atoms with Gasteiger partial charge in [0.05, 0.1) is 13.2 Å². The van der Waals surface area contributed by atoms with E-state index in [9.17, 15) is 8.78 Å². The molecular weight excluding hydrogens is 390 g/mol. The molecule has 0 saturated heterocycles. The van der Waals surface area contributed by atoms with Crippen LogP contribution < -0.4 is 0 Å². The van der Waals surface area contributed by atoms with Crippen molar-refractivity contribution in [2.75, 3.05) is 0 Å². The van der Waals surface area contributed by atoms with E-state index in [2.05, 4.69) is 0 Å². The molecule has 0 aliphatic rings. The summed E-state index contributed by atoms with van der Waals surface area (Å²) in [6.45, 7) is 0.737. The summed E-state index contributed by atoms with van der Waals surface area (Å²) in [7, 11) is 0. The summed E-state index contributed by atoms with van der Waals surface area (Å²) >= 11 is 0. The summed E-state index contributed by atoms with van der Waals surface area (Å²) in [6.07, 6.45) is 1.09. The first-order valence-corrected chi connectivity index (χ1v) is 10.4. The molecule has 0 aliphatic heterocycles. The highest BCUT2D eigenvalue weighted by molar-refractivity contribution is 5.32. The molecule has 0 atom stereocenters. The summed E-state index contributed by atoms with van der Waals surface area (Å²) in [5, 5.41) is 0. The third-order valence-electron chi connectivity index (χ3n) is 5.23. The molecule has 3 heteroatoms. The molecular formula is C28H24F2O. The van der Waals surface area contributed by atoms with Gasteiger partial charge in [-0.05, 0) is 45.5 Å². The van der Waals surface area contributed by atoms with Gasteiger partial charge in [0.15, 0.2) is 0 Å². The van der Waals surface area contributed by atoms with Crippen LogP contribution in [0.5, 0.6) is 0 Å². The van der Waals surface area contributed by atoms with E-state index < -0.39 is 0 Å². The van der Waals surface area contributed by atoms with Gasteiger partial charge in [0, 0.05) is 12.8 Å². The first kappa shape index (κ1) is 21.0. The van der Waals surface area contributed by atoms with Crippen molar-refractivity contribution in [3.8, 4) is 0 Å². The Hall–Kier alpha value is -3.30. The van der Waals surface area contributed by atoms with Gasteiger partial charge < -0.3 is 4.74 Å². The molecule has 0 saturated carbocycles. The molecule has 4 rings (SSSR count). The van der Waals surface area contributed by atoms with Crippen molar-refractivity contribution in [2.24, 2.45) is 0 Å². The molecule has 0 N–H and O–H groups in total. The molecule has 4 aromatic carbocycles. The molecule has 0 heterocycles. The summed E-state index contributed by atoms with van der Waals surface area (Å²) in [6, 6.07) is 29.9. The average molecular weight is 414 g/mol. The van der Waals surface area contributed by atoms with Gasteiger partial charge in [0.2, 0.25) is 0 Å². The van der Waals surface area contributed by atoms with Gasteiger partial charge in [-0.25, -0.2) is 8.78 Å². The van der Waals surface area contributed by atoms with Crippen LogP contribution in [0, 0.1) is 11.6 Å². The van der Waals surface area contributed by atoms with Crippen molar-refractivity contribution >= 4 is 0 Å². The van der Waals surface area contributed by atoms with Gasteiger partial charge in [-0.2, -0.15) is 0 Å². The monoisotopic (exact) mass is 414 g/mol. The van der Waals surface area contributed by atoms with Gasteiger partial charge in [-0.1, -0.05) is 84.9 Å². The Morgan fingerprint density at radius 1 is 0.484 bits per heavy atom. The fourth-order valence-corrected chi connectivity index (χ4v) is 3.62. The first-order valence-electron chi connectivity index (χ1n) is 10.4. The maximum atomic E-state index is 14.2. The maximum Gasteiger partial charge on any atom is 0.126 e. The molecule has 0 fully saturated rings. The minimum absolute atomic E-state index is 0.211. The van der Waals surface area contributed by atoms with Crippen molar-refractivity contribution in [1.82, 2.24) is 0 Å². The highest BCUT2D eigenvalue weighted by atomic mass is 19.1. The lowest BCUT2D eigenvalue weighted by Crippen LogP contribution is -2.00. The summed E-state index contributed by atoms with van der Waals surface area (Å²) < 4.78 is 34.3. The molecule has 0 aromatic heterocycles. The van der Waals surface area contributed by atoms with E-state index in [-0.39, 0.29) is 11.6 Å². The molecule has 0 bridgehead atoms. The van der Waals surface area contributed by atoms with Gasteiger partial charge >= 0.3 is 0 Å². The van der Waals surface area contributed by atoms with Gasteiger partial charge in [-0.3, -0.25) is 0 Å². The quantitative estimate of drug-likeness (QED) is 0.306. The van der Waals surface area contributed by atoms with Crippen LogP contribution in [0.4, 0.5) is 8.78 Å². The summed E-state index contributed by atoms with van der Waals surface area (Å²) in [4.78, 5) is 0. The Bertz CT molecular complexity index is 1030. The van der Waals surface area contributed by atoms with Crippen LogP contribution in [0.25, 0.3) is 0 Å². The van der Waals surface area contributed by atoms with E-state index >= 15 is 0 Å². The van der Waals surface area contributed by atoms with Crippen molar-refractivity contribution in [1.29, 1.82) is 0 Å². The average Bonchev–Trinajstić information content (AvgIpc) is 2.79. The van der Waals surface area contributed by atoms with Crippen LogP contribution in [-0.2, 0) is 30.8 Å². The number of halogens is 2. The zero-order chi connectivity index (χ0) is 21.5. The Morgan fingerprint density at radius 2 is 0.903 bits per heavy atom. The lowest BCUT2D eigenvalue weighted by atomic mass is 10.0. The number of rotatable bonds is 8. The Kier molecular flexibility index (Phi) is 6.85. The van der Waals surface area contributed by atoms with E-state index in [0.717, 1.165) is 22.3 Å². The van der Waals surface area contributed by atoms with Crippen molar-refractivity contribution in [3.05, 3.63) is 142 Å². The number of hydrogen-bond acceptors (Lipinski definition) is 1. The largest absolute Gasteiger partial charge is 0.372 e. The molecule has 4 aromatic rings.